The van der Waals surface area contributed by atoms with Crippen LogP contribution in [0.1, 0.15) is 47.5 Å². The first-order valence-electron chi connectivity index (χ1n) is 8.00. The largest absolute Gasteiger partial charge is 0.461 e. The third-order valence-corrected chi connectivity index (χ3v) is 4.33. The predicted octanol–water partition coefficient (Wildman–Crippen LogP) is 2.01. The zero-order valence-corrected chi connectivity index (χ0v) is 12.8. The number of nitrogens with zero attached hydrogens (tertiary/aromatic N) is 3. The molecule has 2 aromatic rings. The summed E-state index contributed by atoms with van der Waals surface area (Å²) in [7, 11) is 0. The molecule has 7 heteroatoms. The molecular weight excluding hydrogens is 298 g/mol. The number of rotatable bonds is 6. The van der Waals surface area contributed by atoms with Gasteiger partial charge in [0.2, 0.25) is 5.89 Å². The van der Waals surface area contributed by atoms with Gasteiger partial charge in [0.25, 0.3) is 0 Å². The van der Waals surface area contributed by atoms with Crippen molar-refractivity contribution < 1.29 is 18.5 Å². The van der Waals surface area contributed by atoms with Gasteiger partial charge in [-0.2, -0.15) is 4.98 Å². The molecule has 2 aliphatic rings. The Morgan fingerprint density at radius 3 is 3.09 bits per heavy atom. The van der Waals surface area contributed by atoms with Gasteiger partial charge in [0.05, 0.1) is 26.0 Å². The lowest BCUT2D eigenvalue weighted by molar-refractivity contribution is -0.0167. The second-order valence-electron chi connectivity index (χ2n) is 6.12. The van der Waals surface area contributed by atoms with Crippen LogP contribution in [-0.2, 0) is 11.3 Å². The van der Waals surface area contributed by atoms with Crippen molar-refractivity contribution >= 4 is 5.78 Å². The first kappa shape index (κ1) is 14.6. The summed E-state index contributed by atoms with van der Waals surface area (Å²) in [5.74, 6) is 2.29. The maximum Gasteiger partial charge on any atom is 0.240 e. The Morgan fingerprint density at radius 1 is 1.39 bits per heavy atom. The standard InChI is InChI=1S/C16H19N3O4/c20-13(14-2-1-6-22-14)8-12-10-21-7-5-19(12)9-15-17-16(18-23-15)11-3-4-11/h1-2,6,11-12H,3-5,7-10H2/t12-/m1/s1. The van der Waals surface area contributed by atoms with Crippen LogP contribution in [-0.4, -0.2) is 46.6 Å². The van der Waals surface area contributed by atoms with Gasteiger partial charge < -0.3 is 13.7 Å². The van der Waals surface area contributed by atoms with Crippen molar-refractivity contribution in [1.82, 2.24) is 15.0 Å². The maximum absolute atomic E-state index is 12.2. The number of hydrogen-bond donors (Lipinski definition) is 0. The Bertz CT molecular complexity index is 663. The van der Waals surface area contributed by atoms with Gasteiger partial charge in [-0.1, -0.05) is 5.16 Å². The number of carbonyl (C=O) groups excluding carboxylic acids is 1. The molecular formula is C16H19N3O4. The van der Waals surface area contributed by atoms with E-state index in [2.05, 4.69) is 15.0 Å². The van der Waals surface area contributed by atoms with E-state index in [0.29, 0.717) is 43.7 Å². The second-order valence-corrected chi connectivity index (χ2v) is 6.12. The molecule has 7 nitrogen and oxygen atoms in total. The zero-order chi connectivity index (χ0) is 15.6. The van der Waals surface area contributed by atoms with E-state index in [1.807, 2.05) is 0 Å². The number of ketones is 1. The Kier molecular flexibility index (Phi) is 3.97. The molecule has 2 aromatic heterocycles. The fourth-order valence-electron chi connectivity index (χ4n) is 2.85. The van der Waals surface area contributed by atoms with Crippen LogP contribution in [0.25, 0.3) is 0 Å². The summed E-state index contributed by atoms with van der Waals surface area (Å²) >= 11 is 0. The van der Waals surface area contributed by atoms with E-state index in [1.165, 1.54) is 6.26 Å². The molecule has 0 radical (unpaired) electrons. The molecule has 1 atom stereocenters. The third kappa shape index (κ3) is 3.35. The van der Waals surface area contributed by atoms with Gasteiger partial charge >= 0.3 is 0 Å². The summed E-state index contributed by atoms with van der Waals surface area (Å²) in [6.07, 6.45) is 4.17. The zero-order valence-electron chi connectivity index (χ0n) is 12.8. The Balaban J connectivity index is 1.41. The van der Waals surface area contributed by atoms with E-state index in [0.717, 1.165) is 25.2 Å². The van der Waals surface area contributed by atoms with Crippen LogP contribution in [0.15, 0.2) is 27.3 Å². The van der Waals surface area contributed by atoms with Gasteiger partial charge in [-0.05, 0) is 25.0 Å². The van der Waals surface area contributed by atoms with Gasteiger partial charge in [-0.25, -0.2) is 0 Å². The highest BCUT2D eigenvalue weighted by atomic mass is 16.5. The summed E-state index contributed by atoms with van der Waals surface area (Å²) in [6, 6.07) is 3.41. The topological polar surface area (TPSA) is 81.6 Å². The minimum Gasteiger partial charge on any atom is -0.461 e. The van der Waals surface area contributed by atoms with Crippen molar-refractivity contribution in [1.29, 1.82) is 0 Å². The van der Waals surface area contributed by atoms with Gasteiger partial charge in [0, 0.05) is 24.9 Å². The third-order valence-electron chi connectivity index (χ3n) is 4.33. The molecule has 0 amide bonds. The maximum atomic E-state index is 12.2. The molecule has 122 valence electrons. The summed E-state index contributed by atoms with van der Waals surface area (Å²) in [6.45, 7) is 2.47. The van der Waals surface area contributed by atoms with E-state index in [4.69, 9.17) is 13.7 Å². The molecule has 1 saturated carbocycles. The van der Waals surface area contributed by atoms with Gasteiger partial charge in [-0.3, -0.25) is 9.69 Å². The lowest BCUT2D eigenvalue weighted by atomic mass is 10.1. The minimum atomic E-state index is -0.0142. The van der Waals surface area contributed by atoms with Crippen LogP contribution in [0.4, 0.5) is 0 Å². The number of morpholine rings is 1. The van der Waals surface area contributed by atoms with E-state index < -0.39 is 0 Å². The van der Waals surface area contributed by atoms with Gasteiger partial charge in [0.15, 0.2) is 17.4 Å². The predicted molar refractivity (Wildman–Crippen MR) is 78.9 cm³/mol. The molecule has 3 heterocycles. The highest BCUT2D eigenvalue weighted by Crippen LogP contribution is 2.38. The minimum absolute atomic E-state index is 0.00220. The van der Waals surface area contributed by atoms with Crippen LogP contribution >= 0.6 is 0 Å². The lowest BCUT2D eigenvalue weighted by Gasteiger charge is -2.34. The second kappa shape index (κ2) is 6.25. The van der Waals surface area contributed by atoms with Crippen LogP contribution in [0.2, 0.25) is 0 Å². The Labute approximate surface area is 133 Å². The Morgan fingerprint density at radius 2 is 2.30 bits per heavy atom. The smallest absolute Gasteiger partial charge is 0.240 e. The Hall–Kier alpha value is -1.99. The van der Waals surface area contributed by atoms with Crippen molar-refractivity contribution in [3.63, 3.8) is 0 Å². The highest BCUT2D eigenvalue weighted by Gasteiger charge is 2.31. The highest BCUT2D eigenvalue weighted by molar-refractivity contribution is 5.93. The van der Waals surface area contributed by atoms with Crippen molar-refractivity contribution in [2.75, 3.05) is 19.8 Å². The molecule has 4 rings (SSSR count). The molecule has 23 heavy (non-hydrogen) atoms. The fraction of sp³-hybridized carbons (Fsp3) is 0.562. The molecule has 2 fully saturated rings. The molecule has 1 saturated heterocycles. The first-order valence-corrected chi connectivity index (χ1v) is 8.00. The average molecular weight is 317 g/mol. The molecule has 0 N–H and O–H groups in total. The van der Waals surface area contributed by atoms with Crippen LogP contribution in [0.3, 0.4) is 0 Å². The average Bonchev–Trinajstić information content (AvgIpc) is 3.08. The van der Waals surface area contributed by atoms with E-state index >= 15 is 0 Å². The summed E-state index contributed by atoms with van der Waals surface area (Å²) < 4.78 is 16.1. The van der Waals surface area contributed by atoms with Crippen LogP contribution < -0.4 is 0 Å². The molecule has 1 aliphatic heterocycles. The van der Waals surface area contributed by atoms with E-state index in [9.17, 15) is 4.79 Å². The molecule has 0 unspecified atom stereocenters. The quantitative estimate of drug-likeness (QED) is 0.754. The van der Waals surface area contributed by atoms with Crippen LogP contribution in [0.5, 0.6) is 0 Å². The van der Waals surface area contributed by atoms with Crippen molar-refractivity contribution in [2.45, 2.75) is 37.8 Å². The van der Waals surface area contributed by atoms with E-state index in [-0.39, 0.29) is 11.8 Å². The first-order chi connectivity index (χ1) is 11.3. The molecule has 0 bridgehead atoms. The number of Topliss-reactive ketones (excluding diaryl/α,β-unsaturated/α-hetero) is 1. The fourth-order valence-corrected chi connectivity index (χ4v) is 2.85. The van der Waals surface area contributed by atoms with Crippen LogP contribution in [0, 0.1) is 0 Å². The number of carbonyl (C=O) groups is 1. The number of ether oxygens (including phenoxy) is 1. The number of aromatic nitrogens is 2. The van der Waals surface area contributed by atoms with Crippen molar-refractivity contribution in [3.05, 3.63) is 35.9 Å². The van der Waals surface area contributed by atoms with Crippen molar-refractivity contribution in [3.8, 4) is 0 Å². The number of furan rings is 1. The summed E-state index contributed by atoms with van der Waals surface area (Å²) in [4.78, 5) is 18.9. The lowest BCUT2D eigenvalue weighted by Crippen LogP contribution is -2.45. The van der Waals surface area contributed by atoms with Crippen molar-refractivity contribution in [2.24, 2.45) is 0 Å². The number of hydrogen-bond acceptors (Lipinski definition) is 7. The summed E-state index contributed by atoms with van der Waals surface area (Å²) in [5, 5.41) is 4.04. The van der Waals surface area contributed by atoms with E-state index in [1.54, 1.807) is 12.1 Å². The molecule has 0 aromatic carbocycles. The normalized spacial score (nSPS) is 22.3. The molecule has 0 spiro atoms. The van der Waals surface area contributed by atoms with Gasteiger partial charge in [0.1, 0.15) is 0 Å². The molecule has 1 aliphatic carbocycles. The summed E-state index contributed by atoms with van der Waals surface area (Å²) in [5.41, 5.74) is 0. The monoisotopic (exact) mass is 317 g/mol. The SMILES string of the molecule is O=C(C[C@@H]1COCCN1Cc1nc(C2CC2)no1)c1ccco1. The van der Waals surface area contributed by atoms with Gasteiger partial charge in [-0.15, -0.1) is 0 Å².